The van der Waals surface area contributed by atoms with Gasteiger partial charge in [-0.05, 0) is 37.6 Å². The van der Waals surface area contributed by atoms with Crippen molar-refractivity contribution in [1.82, 2.24) is 24.9 Å². The molecule has 0 aliphatic carbocycles. The molecule has 4 rings (SSSR count). The second-order valence-electron chi connectivity index (χ2n) is 6.76. The predicted molar refractivity (Wildman–Crippen MR) is 112 cm³/mol. The molecule has 30 heavy (non-hydrogen) atoms. The maximum atomic E-state index is 5.57. The van der Waals surface area contributed by atoms with Crippen molar-refractivity contribution in [1.29, 1.82) is 0 Å². The average Bonchev–Trinajstić information content (AvgIpc) is 3.51. The molecule has 0 aliphatic rings. The second kappa shape index (κ2) is 9.17. The Balaban J connectivity index is 1.65. The number of ether oxygens (including phenoxy) is 1. The second-order valence-corrected chi connectivity index (χ2v) is 8.07. The highest BCUT2D eigenvalue weighted by Crippen LogP contribution is 2.35. The Labute approximate surface area is 178 Å². The normalized spacial score (nSPS) is 12.2. The fraction of sp³-hybridized carbons (Fsp3) is 0.333. The highest BCUT2D eigenvalue weighted by atomic mass is 32.2. The molecule has 3 heterocycles. The van der Waals surface area contributed by atoms with Crippen LogP contribution >= 0.6 is 11.8 Å². The van der Waals surface area contributed by atoms with Crippen LogP contribution in [0.25, 0.3) is 11.4 Å². The monoisotopic (exact) mass is 425 g/mol. The van der Waals surface area contributed by atoms with Gasteiger partial charge in [0.2, 0.25) is 5.89 Å². The van der Waals surface area contributed by atoms with Crippen molar-refractivity contribution in [2.24, 2.45) is 0 Å². The molecule has 0 radical (unpaired) electrons. The van der Waals surface area contributed by atoms with Gasteiger partial charge in [0.05, 0.1) is 25.2 Å². The van der Waals surface area contributed by atoms with Crippen LogP contribution in [0, 0.1) is 0 Å². The van der Waals surface area contributed by atoms with Gasteiger partial charge in [-0.1, -0.05) is 36.0 Å². The quantitative estimate of drug-likeness (QED) is 0.354. The molecule has 1 aromatic carbocycles. The molecule has 1 unspecified atom stereocenters. The number of rotatable bonds is 9. The van der Waals surface area contributed by atoms with Crippen molar-refractivity contribution in [2.45, 2.75) is 43.6 Å². The van der Waals surface area contributed by atoms with Gasteiger partial charge in [-0.2, -0.15) is 4.98 Å². The van der Waals surface area contributed by atoms with Crippen LogP contribution in [0.2, 0.25) is 0 Å². The van der Waals surface area contributed by atoms with E-state index in [1.54, 1.807) is 13.4 Å². The molecular weight excluding hydrogens is 402 g/mol. The Morgan fingerprint density at radius 2 is 2.10 bits per heavy atom. The van der Waals surface area contributed by atoms with Gasteiger partial charge in [0.1, 0.15) is 11.5 Å². The van der Waals surface area contributed by atoms with Crippen LogP contribution in [0.5, 0.6) is 5.75 Å². The highest BCUT2D eigenvalue weighted by Gasteiger charge is 2.22. The maximum Gasteiger partial charge on any atom is 0.239 e. The van der Waals surface area contributed by atoms with Crippen LogP contribution in [0.3, 0.4) is 0 Å². The largest absolute Gasteiger partial charge is 0.497 e. The van der Waals surface area contributed by atoms with Crippen LogP contribution in [0.4, 0.5) is 0 Å². The minimum absolute atomic E-state index is 0.0687. The lowest BCUT2D eigenvalue weighted by Gasteiger charge is -2.11. The Morgan fingerprint density at radius 1 is 1.20 bits per heavy atom. The third-order valence-corrected chi connectivity index (χ3v) is 5.59. The molecule has 0 bridgehead atoms. The average molecular weight is 426 g/mol. The smallest absolute Gasteiger partial charge is 0.239 e. The van der Waals surface area contributed by atoms with E-state index in [1.165, 1.54) is 11.8 Å². The zero-order chi connectivity index (χ0) is 20.9. The number of thioether (sulfide) groups is 1. The van der Waals surface area contributed by atoms with Crippen LogP contribution in [0.1, 0.15) is 43.0 Å². The summed E-state index contributed by atoms with van der Waals surface area (Å²) in [5.41, 5.74) is 0.913. The number of benzene rings is 1. The SMILES string of the molecule is CCCc1noc(C(C)Sc2nnc(-c3cccc(OC)c3)n2Cc2ccco2)n1. The van der Waals surface area contributed by atoms with E-state index in [1.807, 2.05) is 47.9 Å². The van der Waals surface area contributed by atoms with Crippen molar-refractivity contribution in [3.8, 4) is 17.1 Å². The van der Waals surface area contributed by atoms with Crippen molar-refractivity contribution < 1.29 is 13.7 Å². The van der Waals surface area contributed by atoms with Gasteiger partial charge in [-0.15, -0.1) is 10.2 Å². The molecule has 0 spiro atoms. The Hall–Kier alpha value is -3.07. The summed E-state index contributed by atoms with van der Waals surface area (Å²) in [5.74, 6) is 3.62. The maximum absolute atomic E-state index is 5.57. The molecule has 1 atom stereocenters. The van der Waals surface area contributed by atoms with Gasteiger partial charge in [0, 0.05) is 12.0 Å². The number of aryl methyl sites for hydroxylation is 1. The number of hydrogen-bond donors (Lipinski definition) is 0. The van der Waals surface area contributed by atoms with E-state index in [2.05, 4.69) is 27.3 Å². The summed E-state index contributed by atoms with van der Waals surface area (Å²) >= 11 is 1.52. The third kappa shape index (κ3) is 4.40. The van der Waals surface area contributed by atoms with Gasteiger partial charge in [0.15, 0.2) is 16.8 Å². The Bertz CT molecular complexity index is 1090. The summed E-state index contributed by atoms with van der Waals surface area (Å²) in [6.45, 7) is 4.61. The third-order valence-electron chi connectivity index (χ3n) is 4.53. The molecule has 9 heteroatoms. The standard InChI is InChI=1S/C21H23N5O3S/c1-4-7-18-22-20(29-25-18)14(2)30-21-24-23-19(15-8-5-9-16(12-15)27-3)26(21)13-17-10-6-11-28-17/h5-6,8-12,14H,4,7,13H2,1-3H3. The summed E-state index contributed by atoms with van der Waals surface area (Å²) in [5, 5.41) is 13.6. The number of nitrogens with zero attached hydrogens (tertiary/aromatic N) is 5. The lowest BCUT2D eigenvalue weighted by Crippen LogP contribution is -2.04. The van der Waals surface area contributed by atoms with Crippen molar-refractivity contribution in [2.75, 3.05) is 7.11 Å². The lowest BCUT2D eigenvalue weighted by molar-refractivity contribution is 0.374. The summed E-state index contributed by atoms with van der Waals surface area (Å²) in [7, 11) is 1.65. The molecular formula is C21H23N5O3S. The molecule has 8 nitrogen and oxygen atoms in total. The predicted octanol–water partition coefficient (Wildman–Crippen LogP) is 4.78. The molecule has 0 saturated carbocycles. The van der Waals surface area contributed by atoms with Gasteiger partial charge in [-0.25, -0.2) is 0 Å². The van der Waals surface area contributed by atoms with Crippen LogP contribution < -0.4 is 4.74 Å². The number of aromatic nitrogens is 5. The first kappa shape index (κ1) is 20.2. The lowest BCUT2D eigenvalue weighted by atomic mass is 10.2. The topological polar surface area (TPSA) is 92.0 Å². The van der Waals surface area contributed by atoms with E-state index in [4.69, 9.17) is 13.7 Å². The molecule has 0 aliphatic heterocycles. The summed E-state index contributed by atoms with van der Waals surface area (Å²) in [4.78, 5) is 4.50. The van der Waals surface area contributed by atoms with E-state index in [-0.39, 0.29) is 5.25 Å². The van der Waals surface area contributed by atoms with E-state index >= 15 is 0 Å². The highest BCUT2D eigenvalue weighted by molar-refractivity contribution is 7.99. The summed E-state index contributed by atoms with van der Waals surface area (Å²) in [6, 6.07) is 11.6. The first-order valence-corrected chi connectivity index (χ1v) is 10.6. The molecule has 0 N–H and O–H groups in total. The molecule has 156 valence electrons. The van der Waals surface area contributed by atoms with Crippen LogP contribution in [0.15, 0.2) is 56.8 Å². The van der Waals surface area contributed by atoms with Crippen molar-refractivity contribution >= 4 is 11.8 Å². The first-order chi connectivity index (χ1) is 14.7. The number of furan rings is 1. The van der Waals surface area contributed by atoms with Gasteiger partial charge < -0.3 is 13.7 Å². The van der Waals surface area contributed by atoms with E-state index in [9.17, 15) is 0 Å². The summed E-state index contributed by atoms with van der Waals surface area (Å²) in [6.07, 6.45) is 3.44. The summed E-state index contributed by atoms with van der Waals surface area (Å²) < 4.78 is 18.4. The minimum Gasteiger partial charge on any atom is -0.497 e. The minimum atomic E-state index is -0.0687. The van der Waals surface area contributed by atoms with E-state index < -0.39 is 0 Å². The fourth-order valence-electron chi connectivity index (χ4n) is 3.02. The molecule has 0 amide bonds. The molecule has 0 fully saturated rings. The van der Waals surface area contributed by atoms with E-state index in [0.717, 1.165) is 46.7 Å². The van der Waals surface area contributed by atoms with Gasteiger partial charge in [-0.3, -0.25) is 4.57 Å². The van der Waals surface area contributed by atoms with E-state index in [0.29, 0.717) is 12.4 Å². The van der Waals surface area contributed by atoms with Crippen molar-refractivity contribution in [3.05, 3.63) is 60.1 Å². The molecule has 4 aromatic rings. The van der Waals surface area contributed by atoms with Gasteiger partial charge >= 0.3 is 0 Å². The Morgan fingerprint density at radius 3 is 2.87 bits per heavy atom. The number of hydrogen-bond acceptors (Lipinski definition) is 8. The van der Waals surface area contributed by atoms with Gasteiger partial charge in [0.25, 0.3) is 0 Å². The van der Waals surface area contributed by atoms with Crippen molar-refractivity contribution in [3.63, 3.8) is 0 Å². The molecule has 0 saturated heterocycles. The van der Waals surface area contributed by atoms with Crippen LogP contribution in [-0.2, 0) is 13.0 Å². The van der Waals surface area contributed by atoms with Crippen LogP contribution in [-0.4, -0.2) is 32.0 Å². The fourth-order valence-corrected chi connectivity index (χ4v) is 3.90. The first-order valence-electron chi connectivity index (χ1n) is 9.77. The zero-order valence-electron chi connectivity index (χ0n) is 17.1. The molecule has 3 aromatic heterocycles. The zero-order valence-corrected chi connectivity index (χ0v) is 17.9. The number of methoxy groups -OCH3 is 1. The Kier molecular flexibility index (Phi) is 6.18.